The Kier molecular flexibility index (Phi) is 3.84. The van der Waals surface area contributed by atoms with Crippen LogP contribution < -0.4 is 5.32 Å². The summed E-state index contributed by atoms with van der Waals surface area (Å²) in [6.45, 7) is 1.69. The van der Waals surface area contributed by atoms with E-state index in [1.807, 2.05) is 30.3 Å². The van der Waals surface area contributed by atoms with Crippen molar-refractivity contribution in [2.45, 2.75) is 6.92 Å². The van der Waals surface area contributed by atoms with Crippen LogP contribution in [-0.2, 0) is 0 Å². The summed E-state index contributed by atoms with van der Waals surface area (Å²) in [5.41, 5.74) is 1.03. The first-order chi connectivity index (χ1) is 10.6. The number of carbonyl (C=O) groups excluding carboxylic acids is 1. The summed E-state index contributed by atoms with van der Waals surface area (Å²) in [5, 5.41) is 7.17. The molecule has 0 saturated carbocycles. The van der Waals surface area contributed by atoms with E-state index in [0.29, 0.717) is 11.6 Å². The highest BCUT2D eigenvalue weighted by molar-refractivity contribution is 6.33. The molecule has 0 atom stereocenters. The van der Waals surface area contributed by atoms with Gasteiger partial charge in [0, 0.05) is 12.3 Å². The summed E-state index contributed by atoms with van der Waals surface area (Å²) in [6, 6.07) is 11.3. The Labute approximate surface area is 131 Å². The van der Waals surface area contributed by atoms with Gasteiger partial charge in [0.05, 0.1) is 16.9 Å². The molecule has 0 spiro atoms. The van der Waals surface area contributed by atoms with Gasteiger partial charge in [0.2, 0.25) is 0 Å². The average Bonchev–Trinajstić information content (AvgIpc) is 2.99. The standard InChI is InChI=1S/C15H12ClN5O/c1-10-17-9-12(16)14(18-10)15(22)19-13-7-8-21(20-13)11-5-3-2-4-6-11/h2-9H,1H3,(H,19,20,22). The number of para-hydroxylation sites is 1. The molecule has 0 unspecified atom stereocenters. The Hall–Kier alpha value is -2.73. The quantitative estimate of drug-likeness (QED) is 0.807. The van der Waals surface area contributed by atoms with Crippen molar-refractivity contribution in [1.29, 1.82) is 0 Å². The van der Waals surface area contributed by atoms with Gasteiger partial charge in [-0.1, -0.05) is 29.8 Å². The third-order valence-corrected chi connectivity index (χ3v) is 3.21. The maximum Gasteiger partial charge on any atom is 0.277 e. The molecule has 0 fully saturated rings. The molecule has 0 aliphatic heterocycles. The zero-order valence-corrected chi connectivity index (χ0v) is 12.4. The van der Waals surface area contributed by atoms with E-state index in [0.717, 1.165) is 5.69 Å². The summed E-state index contributed by atoms with van der Waals surface area (Å²) in [6.07, 6.45) is 3.17. The molecule has 0 saturated heterocycles. The zero-order valence-electron chi connectivity index (χ0n) is 11.7. The normalized spacial score (nSPS) is 10.5. The third-order valence-electron chi connectivity index (χ3n) is 2.93. The number of anilines is 1. The van der Waals surface area contributed by atoms with Crippen molar-refractivity contribution in [2.75, 3.05) is 5.32 Å². The molecule has 3 rings (SSSR count). The predicted octanol–water partition coefficient (Wildman–Crippen LogP) is 2.88. The van der Waals surface area contributed by atoms with Crippen molar-refractivity contribution in [3.8, 4) is 5.69 Å². The zero-order chi connectivity index (χ0) is 15.5. The number of halogens is 1. The molecular weight excluding hydrogens is 302 g/mol. The number of aromatic nitrogens is 4. The van der Waals surface area contributed by atoms with Gasteiger partial charge in [-0.05, 0) is 19.1 Å². The number of benzene rings is 1. The van der Waals surface area contributed by atoms with Crippen LogP contribution in [0.3, 0.4) is 0 Å². The van der Waals surface area contributed by atoms with Gasteiger partial charge in [-0.25, -0.2) is 14.6 Å². The number of nitrogens with zero attached hydrogens (tertiary/aromatic N) is 4. The van der Waals surface area contributed by atoms with Gasteiger partial charge in [0.15, 0.2) is 11.5 Å². The molecule has 1 amide bonds. The van der Waals surface area contributed by atoms with Gasteiger partial charge in [-0.15, -0.1) is 0 Å². The van der Waals surface area contributed by atoms with Gasteiger partial charge in [0.1, 0.15) is 5.82 Å². The largest absolute Gasteiger partial charge is 0.304 e. The van der Waals surface area contributed by atoms with E-state index in [1.165, 1.54) is 6.20 Å². The Morgan fingerprint density at radius 2 is 2.00 bits per heavy atom. The first-order valence-electron chi connectivity index (χ1n) is 6.55. The van der Waals surface area contributed by atoms with Crippen molar-refractivity contribution in [1.82, 2.24) is 19.7 Å². The fourth-order valence-corrected chi connectivity index (χ4v) is 2.08. The molecule has 0 radical (unpaired) electrons. The molecule has 1 aromatic carbocycles. The van der Waals surface area contributed by atoms with E-state index in [9.17, 15) is 4.79 Å². The van der Waals surface area contributed by atoms with Crippen LogP contribution >= 0.6 is 11.6 Å². The third kappa shape index (κ3) is 2.96. The van der Waals surface area contributed by atoms with Gasteiger partial charge >= 0.3 is 0 Å². The Balaban J connectivity index is 1.81. The molecular formula is C15H12ClN5O. The number of rotatable bonds is 3. The highest BCUT2D eigenvalue weighted by atomic mass is 35.5. The average molecular weight is 314 g/mol. The van der Waals surface area contributed by atoms with Gasteiger partial charge in [-0.2, -0.15) is 5.10 Å². The van der Waals surface area contributed by atoms with E-state index >= 15 is 0 Å². The van der Waals surface area contributed by atoms with Gasteiger partial charge in [0.25, 0.3) is 5.91 Å². The summed E-state index contributed by atoms with van der Waals surface area (Å²) in [4.78, 5) is 20.2. The topological polar surface area (TPSA) is 72.7 Å². The predicted molar refractivity (Wildman–Crippen MR) is 83.3 cm³/mol. The maximum atomic E-state index is 12.2. The van der Waals surface area contributed by atoms with Crippen molar-refractivity contribution in [2.24, 2.45) is 0 Å². The molecule has 2 aromatic heterocycles. The van der Waals surface area contributed by atoms with E-state index in [2.05, 4.69) is 20.4 Å². The second-order valence-electron chi connectivity index (χ2n) is 4.55. The van der Waals surface area contributed by atoms with Crippen LogP contribution in [0.25, 0.3) is 5.69 Å². The smallest absolute Gasteiger partial charge is 0.277 e. The van der Waals surface area contributed by atoms with Crippen molar-refractivity contribution < 1.29 is 4.79 Å². The van der Waals surface area contributed by atoms with Crippen LogP contribution in [0.4, 0.5) is 5.82 Å². The molecule has 110 valence electrons. The number of aryl methyl sites for hydroxylation is 1. The fraction of sp³-hybridized carbons (Fsp3) is 0.0667. The molecule has 22 heavy (non-hydrogen) atoms. The lowest BCUT2D eigenvalue weighted by Crippen LogP contribution is -2.16. The number of nitrogens with one attached hydrogen (secondary N) is 1. The molecule has 0 aliphatic rings. The second-order valence-corrected chi connectivity index (χ2v) is 4.96. The van der Waals surface area contributed by atoms with Gasteiger partial charge in [-0.3, -0.25) is 4.79 Å². The van der Waals surface area contributed by atoms with Crippen molar-refractivity contribution in [3.63, 3.8) is 0 Å². The van der Waals surface area contributed by atoms with Crippen LogP contribution in [-0.4, -0.2) is 25.7 Å². The van der Waals surface area contributed by atoms with Crippen LogP contribution in [0.5, 0.6) is 0 Å². The van der Waals surface area contributed by atoms with E-state index in [1.54, 1.807) is 23.9 Å². The lowest BCUT2D eigenvalue weighted by Gasteiger charge is -2.04. The Morgan fingerprint density at radius 1 is 1.23 bits per heavy atom. The summed E-state index contributed by atoms with van der Waals surface area (Å²) in [5.74, 6) is 0.472. The SMILES string of the molecule is Cc1ncc(Cl)c(C(=O)Nc2ccn(-c3ccccc3)n2)n1. The summed E-state index contributed by atoms with van der Waals surface area (Å²) in [7, 11) is 0. The van der Waals surface area contributed by atoms with E-state index in [-0.39, 0.29) is 10.7 Å². The van der Waals surface area contributed by atoms with Crippen LogP contribution in [0, 0.1) is 6.92 Å². The summed E-state index contributed by atoms with van der Waals surface area (Å²) >= 11 is 5.95. The summed E-state index contributed by atoms with van der Waals surface area (Å²) < 4.78 is 1.67. The van der Waals surface area contributed by atoms with E-state index in [4.69, 9.17) is 11.6 Å². The Bertz CT molecular complexity index is 816. The molecule has 3 aromatic rings. The lowest BCUT2D eigenvalue weighted by atomic mass is 10.3. The molecule has 6 nitrogen and oxygen atoms in total. The first kappa shape index (κ1) is 14.2. The number of hydrogen-bond donors (Lipinski definition) is 1. The Morgan fingerprint density at radius 3 is 2.77 bits per heavy atom. The molecule has 2 heterocycles. The number of carbonyl (C=O) groups is 1. The minimum absolute atomic E-state index is 0.128. The fourth-order valence-electron chi connectivity index (χ4n) is 1.91. The lowest BCUT2D eigenvalue weighted by molar-refractivity contribution is 0.102. The molecule has 0 aliphatic carbocycles. The van der Waals surface area contributed by atoms with Crippen LogP contribution in [0.15, 0.2) is 48.8 Å². The van der Waals surface area contributed by atoms with Crippen molar-refractivity contribution in [3.05, 3.63) is 65.3 Å². The van der Waals surface area contributed by atoms with Crippen LogP contribution in [0.1, 0.15) is 16.3 Å². The number of hydrogen-bond acceptors (Lipinski definition) is 4. The van der Waals surface area contributed by atoms with Crippen molar-refractivity contribution >= 4 is 23.3 Å². The molecule has 0 bridgehead atoms. The highest BCUT2D eigenvalue weighted by Gasteiger charge is 2.14. The van der Waals surface area contributed by atoms with Crippen LogP contribution in [0.2, 0.25) is 5.02 Å². The maximum absolute atomic E-state index is 12.2. The number of amides is 1. The first-order valence-corrected chi connectivity index (χ1v) is 6.93. The highest BCUT2D eigenvalue weighted by Crippen LogP contribution is 2.15. The monoisotopic (exact) mass is 313 g/mol. The minimum Gasteiger partial charge on any atom is -0.304 e. The molecule has 7 heteroatoms. The van der Waals surface area contributed by atoms with E-state index < -0.39 is 5.91 Å². The second kappa shape index (κ2) is 5.95. The minimum atomic E-state index is -0.422. The molecule has 1 N–H and O–H groups in total. The van der Waals surface area contributed by atoms with Gasteiger partial charge < -0.3 is 5.32 Å².